The van der Waals surface area contributed by atoms with Gasteiger partial charge in [-0.2, -0.15) is 5.10 Å². The summed E-state index contributed by atoms with van der Waals surface area (Å²) in [5, 5.41) is 5.99. The molecule has 4 aromatic carbocycles. The topological polar surface area (TPSA) is 59.9 Å². The molecule has 0 aliphatic carbocycles. The molecule has 1 N–H and O–H groups in total. The Kier molecular flexibility index (Phi) is 7.59. The molecule has 1 amide bonds. The van der Waals surface area contributed by atoms with Crippen LogP contribution in [0.3, 0.4) is 0 Å². The van der Waals surface area contributed by atoms with Crippen LogP contribution in [0.4, 0.5) is 4.39 Å². The quantitative estimate of drug-likeness (QED) is 0.190. The van der Waals surface area contributed by atoms with E-state index in [9.17, 15) is 9.18 Å². The van der Waals surface area contributed by atoms with Crippen LogP contribution in [0, 0.1) is 5.82 Å². The Bertz CT molecular complexity index is 1370. The number of methoxy groups -OCH3 is 1. The molecule has 172 valence electrons. The van der Waals surface area contributed by atoms with E-state index in [0.717, 1.165) is 21.9 Å². The van der Waals surface area contributed by atoms with Crippen LogP contribution < -0.4 is 14.9 Å². The lowest BCUT2D eigenvalue weighted by Gasteiger charge is -2.11. The lowest BCUT2D eigenvalue weighted by atomic mass is 10.1. The van der Waals surface area contributed by atoms with Crippen molar-refractivity contribution in [3.63, 3.8) is 0 Å². The minimum Gasteiger partial charge on any atom is -0.496 e. The second-order valence-electron chi connectivity index (χ2n) is 7.33. The van der Waals surface area contributed by atoms with Gasteiger partial charge >= 0.3 is 0 Å². The lowest BCUT2D eigenvalue weighted by Crippen LogP contribution is -2.18. The maximum atomic E-state index is 13.4. The fourth-order valence-electron chi connectivity index (χ4n) is 3.37. The number of ether oxygens (including phenoxy) is 2. The monoisotopic (exact) mass is 584 g/mol. The minimum atomic E-state index is -0.382. The Hall–Kier alpha value is -3.23. The van der Waals surface area contributed by atoms with Crippen molar-refractivity contribution < 1.29 is 18.7 Å². The van der Waals surface area contributed by atoms with E-state index >= 15 is 0 Å². The molecule has 0 heterocycles. The molecule has 0 radical (unpaired) electrons. The number of benzene rings is 4. The van der Waals surface area contributed by atoms with Crippen LogP contribution in [0.15, 0.2) is 86.8 Å². The first-order valence-corrected chi connectivity index (χ1v) is 11.8. The van der Waals surface area contributed by atoms with Crippen molar-refractivity contribution in [1.82, 2.24) is 5.43 Å². The highest BCUT2D eigenvalue weighted by atomic mass is 79.9. The summed E-state index contributed by atoms with van der Waals surface area (Å²) in [6.45, 7) is 0.214. The summed E-state index contributed by atoms with van der Waals surface area (Å²) >= 11 is 6.98. The van der Waals surface area contributed by atoms with Gasteiger partial charge in [-0.3, -0.25) is 4.79 Å². The normalized spacial score (nSPS) is 11.1. The van der Waals surface area contributed by atoms with Gasteiger partial charge in [0.2, 0.25) is 0 Å². The van der Waals surface area contributed by atoms with Crippen LogP contribution in [0.2, 0.25) is 0 Å². The van der Waals surface area contributed by atoms with E-state index < -0.39 is 0 Å². The van der Waals surface area contributed by atoms with E-state index in [4.69, 9.17) is 9.47 Å². The number of halogens is 3. The maximum Gasteiger partial charge on any atom is 0.275 e. The largest absolute Gasteiger partial charge is 0.496 e. The number of nitrogens with zero attached hydrogens (tertiary/aromatic N) is 1. The third-order valence-electron chi connectivity index (χ3n) is 4.98. The summed E-state index contributed by atoms with van der Waals surface area (Å²) in [6.07, 6.45) is 1.53. The van der Waals surface area contributed by atoms with Gasteiger partial charge in [0.1, 0.15) is 23.9 Å². The molecule has 0 atom stereocenters. The van der Waals surface area contributed by atoms with Crippen molar-refractivity contribution in [3.05, 3.63) is 104 Å². The zero-order valence-corrected chi connectivity index (χ0v) is 21.2. The van der Waals surface area contributed by atoms with Gasteiger partial charge in [-0.1, -0.05) is 36.4 Å². The number of hydrogen-bond acceptors (Lipinski definition) is 4. The lowest BCUT2D eigenvalue weighted by molar-refractivity contribution is 0.0952. The molecule has 0 saturated heterocycles. The SMILES string of the molecule is COc1cc2ccccc2cc1C(=O)N/N=C\c1cc(Br)c(OCc2cccc(F)c2)c(Br)c1. The van der Waals surface area contributed by atoms with Crippen molar-refractivity contribution in [2.45, 2.75) is 6.61 Å². The highest BCUT2D eigenvalue weighted by Gasteiger charge is 2.13. The number of hydrogen-bond donors (Lipinski definition) is 1. The summed E-state index contributed by atoms with van der Waals surface area (Å²) in [4.78, 5) is 12.7. The Labute approximate surface area is 212 Å². The summed E-state index contributed by atoms with van der Waals surface area (Å²) in [5.41, 5.74) is 4.38. The molecule has 0 bridgehead atoms. The fourth-order valence-corrected chi connectivity index (χ4v) is 4.82. The summed E-state index contributed by atoms with van der Waals surface area (Å²) in [6, 6.07) is 21.2. The van der Waals surface area contributed by atoms with Gasteiger partial charge in [0.05, 0.1) is 27.8 Å². The van der Waals surface area contributed by atoms with E-state index in [2.05, 4.69) is 42.4 Å². The van der Waals surface area contributed by atoms with E-state index in [-0.39, 0.29) is 18.3 Å². The molecule has 4 aromatic rings. The Morgan fingerprint density at radius 1 is 1.00 bits per heavy atom. The van der Waals surface area contributed by atoms with E-state index in [1.54, 1.807) is 30.3 Å². The third kappa shape index (κ3) is 5.63. The van der Waals surface area contributed by atoms with Gasteiger partial charge in [-0.25, -0.2) is 9.82 Å². The van der Waals surface area contributed by atoms with Gasteiger partial charge in [0, 0.05) is 0 Å². The van der Waals surface area contributed by atoms with Crippen LogP contribution in [-0.4, -0.2) is 19.2 Å². The van der Waals surface area contributed by atoms with Gasteiger partial charge in [0.25, 0.3) is 5.91 Å². The number of fused-ring (bicyclic) bond motifs is 1. The van der Waals surface area contributed by atoms with Gasteiger partial charge in [0.15, 0.2) is 0 Å². The molecule has 0 aromatic heterocycles. The van der Waals surface area contributed by atoms with Crippen LogP contribution in [0.25, 0.3) is 10.8 Å². The molecular formula is C26H19Br2FN2O3. The molecule has 5 nitrogen and oxygen atoms in total. The molecule has 4 rings (SSSR count). The summed E-state index contributed by atoms with van der Waals surface area (Å²) in [7, 11) is 1.52. The molecule has 0 unspecified atom stereocenters. The predicted octanol–water partition coefficient (Wildman–Crippen LogP) is 6.86. The molecule has 0 saturated carbocycles. The van der Waals surface area contributed by atoms with Crippen LogP contribution in [0.1, 0.15) is 21.5 Å². The molecule has 0 fully saturated rings. The van der Waals surface area contributed by atoms with Crippen LogP contribution in [-0.2, 0) is 6.61 Å². The molecule has 8 heteroatoms. The Balaban J connectivity index is 1.45. The van der Waals surface area contributed by atoms with E-state index in [1.165, 1.54) is 25.5 Å². The van der Waals surface area contributed by atoms with Gasteiger partial charge in [-0.05, 0) is 90.2 Å². The van der Waals surface area contributed by atoms with Crippen molar-refractivity contribution in [1.29, 1.82) is 0 Å². The molecule has 0 aliphatic rings. The summed E-state index contributed by atoms with van der Waals surface area (Å²) in [5.74, 6) is 0.351. The third-order valence-corrected chi connectivity index (χ3v) is 6.16. The number of amides is 1. The van der Waals surface area contributed by atoms with Crippen molar-refractivity contribution in [2.75, 3.05) is 7.11 Å². The number of rotatable bonds is 7. The summed E-state index contributed by atoms with van der Waals surface area (Å²) < 4.78 is 26.0. The van der Waals surface area contributed by atoms with E-state index in [1.807, 2.05) is 30.3 Å². The second kappa shape index (κ2) is 10.8. The number of carbonyl (C=O) groups is 1. The minimum absolute atomic E-state index is 0.214. The van der Waals surface area contributed by atoms with Gasteiger partial charge < -0.3 is 9.47 Å². The van der Waals surface area contributed by atoms with Crippen LogP contribution in [0.5, 0.6) is 11.5 Å². The fraction of sp³-hybridized carbons (Fsp3) is 0.0769. The molecule has 34 heavy (non-hydrogen) atoms. The number of carbonyl (C=O) groups excluding carboxylic acids is 1. The predicted molar refractivity (Wildman–Crippen MR) is 138 cm³/mol. The second-order valence-corrected chi connectivity index (χ2v) is 9.04. The smallest absolute Gasteiger partial charge is 0.275 e. The van der Waals surface area contributed by atoms with Crippen molar-refractivity contribution in [2.24, 2.45) is 5.10 Å². The van der Waals surface area contributed by atoms with Crippen molar-refractivity contribution >= 4 is 54.8 Å². The van der Waals surface area contributed by atoms with Gasteiger partial charge in [-0.15, -0.1) is 0 Å². The first kappa shape index (κ1) is 23.9. The molecule has 0 spiro atoms. The zero-order chi connectivity index (χ0) is 24.1. The average molecular weight is 586 g/mol. The highest BCUT2D eigenvalue weighted by molar-refractivity contribution is 9.11. The average Bonchev–Trinajstić information content (AvgIpc) is 2.82. The zero-order valence-electron chi connectivity index (χ0n) is 18.0. The standard InChI is InChI=1S/C26H19Br2FN2O3/c1-33-24-13-19-7-3-2-6-18(19)12-21(24)26(32)31-30-14-17-10-22(27)25(23(28)11-17)34-15-16-5-4-8-20(29)9-16/h2-14H,15H2,1H3,(H,31,32)/b30-14-. The maximum absolute atomic E-state index is 13.4. The number of hydrazone groups is 1. The number of nitrogens with one attached hydrogen (secondary N) is 1. The highest BCUT2D eigenvalue weighted by Crippen LogP contribution is 2.35. The Morgan fingerprint density at radius 3 is 2.38 bits per heavy atom. The Morgan fingerprint density at radius 2 is 1.71 bits per heavy atom. The first-order chi connectivity index (χ1) is 16.4. The van der Waals surface area contributed by atoms with E-state index in [0.29, 0.717) is 26.0 Å². The molecular weight excluding hydrogens is 567 g/mol. The van der Waals surface area contributed by atoms with Crippen LogP contribution >= 0.6 is 31.9 Å². The van der Waals surface area contributed by atoms with Crippen molar-refractivity contribution in [3.8, 4) is 11.5 Å². The first-order valence-electron chi connectivity index (χ1n) is 10.2. The molecule has 0 aliphatic heterocycles.